The maximum Gasteiger partial charge on any atom is 0.166 e. The molecule has 0 amide bonds. The number of hydrogen-bond donors (Lipinski definition) is 1. The van der Waals surface area contributed by atoms with Gasteiger partial charge >= 0.3 is 0 Å². The van der Waals surface area contributed by atoms with Gasteiger partial charge in [0.1, 0.15) is 6.10 Å². The number of aliphatic hydroxyl groups is 1. The van der Waals surface area contributed by atoms with Crippen molar-refractivity contribution >= 4 is 11.1 Å². The van der Waals surface area contributed by atoms with Gasteiger partial charge in [-0.1, -0.05) is 48.6 Å². The highest BCUT2D eigenvalue weighted by Gasteiger charge is 2.32. The van der Waals surface area contributed by atoms with Gasteiger partial charge in [-0.15, -0.1) is 0 Å². The van der Waals surface area contributed by atoms with Crippen molar-refractivity contribution in [3.8, 4) is 0 Å². The lowest BCUT2D eigenvalue weighted by Crippen LogP contribution is -2.12. The maximum atomic E-state index is 15.4. The molecule has 3 aromatic rings. The second-order valence-electron chi connectivity index (χ2n) is 11.4. The van der Waals surface area contributed by atoms with E-state index in [9.17, 15) is 22.7 Å². The molecule has 0 saturated carbocycles. The summed E-state index contributed by atoms with van der Waals surface area (Å²) in [4.78, 5) is 0. The van der Waals surface area contributed by atoms with Gasteiger partial charge in [0.2, 0.25) is 0 Å². The molecule has 4 unspecified atom stereocenters. The molecule has 6 rings (SSSR count). The zero-order chi connectivity index (χ0) is 29.7. The van der Waals surface area contributed by atoms with Gasteiger partial charge < -0.3 is 9.84 Å². The molecule has 3 aromatic carbocycles. The maximum absolute atomic E-state index is 15.4. The van der Waals surface area contributed by atoms with Crippen LogP contribution >= 0.6 is 0 Å². The Morgan fingerprint density at radius 3 is 1.55 bits per heavy atom. The summed E-state index contributed by atoms with van der Waals surface area (Å²) < 4.78 is 94.1. The highest BCUT2D eigenvalue weighted by atomic mass is 19.2. The molecule has 2 aliphatic carbocycles. The average molecular weight is 585 g/mol. The third-order valence-corrected chi connectivity index (χ3v) is 8.89. The van der Waals surface area contributed by atoms with E-state index >= 15 is 8.78 Å². The van der Waals surface area contributed by atoms with Crippen LogP contribution in [0.2, 0.25) is 0 Å². The Balaban J connectivity index is 1.16. The van der Waals surface area contributed by atoms with Gasteiger partial charge in [-0.2, -0.15) is 0 Å². The predicted octanol–water partition coefficient (Wildman–Crippen LogP) is 9.35. The number of allylic oxidation sites excluding steroid dienone is 4. The third kappa shape index (κ3) is 5.20. The van der Waals surface area contributed by atoms with Gasteiger partial charge in [0.15, 0.2) is 34.9 Å². The van der Waals surface area contributed by atoms with E-state index in [2.05, 4.69) is 0 Å². The van der Waals surface area contributed by atoms with Gasteiger partial charge in [0.05, 0.1) is 12.7 Å². The van der Waals surface area contributed by atoms with Crippen LogP contribution in [0, 0.1) is 34.9 Å². The molecule has 8 heteroatoms. The topological polar surface area (TPSA) is 32.8 Å². The zero-order valence-electron chi connectivity index (χ0n) is 23.0. The first-order chi connectivity index (χ1) is 20.2. The van der Waals surface area contributed by atoms with E-state index in [4.69, 9.17) is 4.74 Å². The van der Waals surface area contributed by atoms with Crippen molar-refractivity contribution in [3.05, 3.63) is 117 Å². The van der Waals surface area contributed by atoms with Gasteiger partial charge in [0, 0.05) is 22.3 Å². The Bertz CT molecular complexity index is 1490. The molecule has 1 aliphatic heterocycles. The molecule has 4 atom stereocenters. The summed E-state index contributed by atoms with van der Waals surface area (Å²) in [6, 6.07) is 9.09. The van der Waals surface area contributed by atoms with E-state index in [0.29, 0.717) is 56.3 Å². The van der Waals surface area contributed by atoms with Gasteiger partial charge in [-0.05, 0) is 79.6 Å². The molecule has 2 nitrogen and oxygen atoms in total. The van der Waals surface area contributed by atoms with Crippen molar-refractivity contribution < 1.29 is 36.2 Å². The molecule has 0 aromatic heterocycles. The third-order valence-electron chi connectivity index (χ3n) is 8.89. The fourth-order valence-electron chi connectivity index (χ4n) is 6.36. The summed E-state index contributed by atoms with van der Waals surface area (Å²) in [7, 11) is 0. The lowest BCUT2D eigenvalue weighted by molar-refractivity contribution is 0.192. The van der Waals surface area contributed by atoms with Crippen LogP contribution in [0.25, 0.3) is 11.1 Å². The molecule has 0 spiro atoms. The molecule has 220 valence electrons. The summed E-state index contributed by atoms with van der Waals surface area (Å²) in [5, 5.41) is 9.63. The highest BCUT2D eigenvalue weighted by molar-refractivity contribution is 5.68. The molecular weight excluding hydrogens is 554 g/mol. The Morgan fingerprint density at radius 2 is 1.10 bits per heavy atom. The number of aliphatic hydroxyl groups excluding tert-OH is 1. The van der Waals surface area contributed by atoms with E-state index in [1.807, 2.05) is 0 Å². The number of halogens is 6. The van der Waals surface area contributed by atoms with Crippen LogP contribution < -0.4 is 0 Å². The molecule has 3 aliphatic rings. The lowest BCUT2D eigenvalue weighted by Gasteiger charge is -2.26. The van der Waals surface area contributed by atoms with Gasteiger partial charge in [0.25, 0.3) is 0 Å². The van der Waals surface area contributed by atoms with Crippen LogP contribution in [-0.2, 0) is 4.74 Å². The van der Waals surface area contributed by atoms with Crippen LogP contribution in [0.5, 0.6) is 0 Å². The predicted molar refractivity (Wildman–Crippen MR) is 148 cm³/mol. The zero-order valence-corrected chi connectivity index (χ0v) is 23.0. The van der Waals surface area contributed by atoms with Crippen molar-refractivity contribution in [2.75, 3.05) is 6.61 Å². The largest absolute Gasteiger partial charge is 0.389 e. The molecular formula is C34H30F6O2. The molecule has 0 bridgehead atoms. The summed E-state index contributed by atoms with van der Waals surface area (Å²) in [6.45, 7) is 1.73. The minimum absolute atomic E-state index is 0.109. The molecule has 0 radical (unpaired) electrons. The first-order valence-electron chi connectivity index (χ1n) is 14.3. The second kappa shape index (κ2) is 11.4. The Morgan fingerprint density at radius 1 is 0.643 bits per heavy atom. The molecule has 1 saturated heterocycles. The molecule has 1 heterocycles. The van der Waals surface area contributed by atoms with Crippen LogP contribution in [0.3, 0.4) is 0 Å². The monoisotopic (exact) mass is 584 g/mol. The minimum Gasteiger partial charge on any atom is -0.389 e. The Hall–Kier alpha value is -3.36. The Labute approximate surface area is 240 Å². The number of hydrogen-bond acceptors (Lipinski definition) is 2. The second-order valence-corrected chi connectivity index (χ2v) is 11.4. The van der Waals surface area contributed by atoms with E-state index in [-0.39, 0.29) is 45.2 Å². The normalized spacial score (nSPS) is 22.9. The number of rotatable bonds is 6. The fourth-order valence-corrected chi connectivity index (χ4v) is 6.36. The minimum atomic E-state index is -1.14. The van der Waals surface area contributed by atoms with Crippen LogP contribution in [0.4, 0.5) is 26.3 Å². The van der Waals surface area contributed by atoms with Crippen LogP contribution in [-0.4, -0.2) is 11.7 Å². The van der Waals surface area contributed by atoms with Crippen LogP contribution in [0.1, 0.15) is 103 Å². The quantitative estimate of drug-likeness (QED) is 0.231. The van der Waals surface area contributed by atoms with Gasteiger partial charge in [-0.3, -0.25) is 0 Å². The molecule has 1 N–H and O–H groups in total. The first kappa shape index (κ1) is 28.7. The standard InChI is InChI=1S/C34H30F6O2/c1-17(41)22-10-11-23(30(36)29(22)35)18-2-4-19(5-3-18)24-12-13-25(32(38)31(24)37)20-6-8-21(9-7-20)26-14-15-27(28-16-42-28)34(40)33(26)39/h2,8,10-15,17,19-20,28,41H,3-7,9,16H2,1H3. The van der Waals surface area contributed by atoms with Crippen molar-refractivity contribution in [1.29, 1.82) is 0 Å². The number of ether oxygens (including phenoxy) is 1. The Kier molecular flexibility index (Phi) is 7.79. The summed E-state index contributed by atoms with van der Waals surface area (Å²) in [6.07, 6.45) is 4.33. The molecule has 1 fully saturated rings. The van der Waals surface area contributed by atoms with Crippen molar-refractivity contribution in [1.82, 2.24) is 0 Å². The van der Waals surface area contributed by atoms with Crippen molar-refractivity contribution in [2.45, 2.75) is 69.5 Å². The number of epoxide rings is 1. The summed E-state index contributed by atoms with van der Waals surface area (Å²) >= 11 is 0. The van der Waals surface area contributed by atoms with E-state index < -0.39 is 47.1 Å². The van der Waals surface area contributed by atoms with Crippen LogP contribution in [0.15, 0.2) is 48.6 Å². The average Bonchev–Trinajstić information content (AvgIpc) is 3.83. The fraction of sp³-hybridized carbons (Fsp3) is 0.353. The number of benzene rings is 3. The SMILES string of the molecule is CC(O)c1ccc(C2=CCC(c3ccc(C4CC=C(c5ccc(C6CO6)c(F)c5F)CC4)c(F)c3F)CC2)c(F)c1F. The van der Waals surface area contributed by atoms with E-state index in [1.54, 1.807) is 30.4 Å². The van der Waals surface area contributed by atoms with E-state index in [1.165, 1.54) is 25.1 Å². The molecule has 42 heavy (non-hydrogen) atoms. The first-order valence-corrected chi connectivity index (χ1v) is 14.3. The van der Waals surface area contributed by atoms with Crippen molar-refractivity contribution in [2.24, 2.45) is 0 Å². The van der Waals surface area contributed by atoms with E-state index in [0.717, 1.165) is 0 Å². The lowest BCUT2D eigenvalue weighted by atomic mass is 9.79. The van der Waals surface area contributed by atoms with Crippen molar-refractivity contribution in [3.63, 3.8) is 0 Å². The highest BCUT2D eigenvalue weighted by Crippen LogP contribution is 2.43. The summed E-state index contributed by atoms with van der Waals surface area (Å²) in [5.41, 5.74) is 2.11. The van der Waals surface area contributed by atoms with Gasteiger partial charge in [-0.25, -0.2) is 26.3 Å². The smallest absolute Gasteiger partial charge is 0.166 e. The summed E-state index contributed by atoms with van der Waals surface area (Å²) in [5.74, 6) is -6.36.